The summed E-state index contributed by atoms with van der Waals surface area (Å²) in [6, 6.07) is 4.82. The van der Waals surface area contributed by atoms with Crippen molar-refractivity contribution in [3.63, 3.8) is 0 Å². The zero-order chi connectivity index (χ0) is 13.7. The second-order valence-electron chi connectivity index (χ2n) is 5.46. The molecule has 1 aliphatic rings. The van der Waals surface area contributed by atoms with Crippen molar-refractivity contribution < 1.29 is 4.39 Å². The van der Waals surface area contributed by atoms with E-state index in [1.54, 1.807) is 12.1 Å². The first-order chi connectivity index (χ1) is 9.22. The zero-order valence-electron chi connectivity index (χ0n) is 11.7. The van der Waals surface area contributed by atoms with Gasteiger partial charge >= 0.3 is 0 Å². The van der Waals surface area contributed by atoms with E-state index in [1.165, 1.54) is 38.2 Å². The van der Waals surface area contributed by atoms with Crippen LogP contribution in [0.1, 0.15) is 56.3 Å². The minimum atomic E-state index is -0.165. The summed E-state index contributed by atoms with van der Waals surface area (Å²) in [6.45, 7) is 2.19. The lowest BCUT2D eigenvalue weighted by Crippen LogP contribution is -2.16. The Kier molecular flexibility index (Phi) is 5.56. The van der Waals surface area contributed by atoms with Gasteiger partial charge in [-0.1, -0.05) is 26.2 Å². The van der Waals surface area contributed by atoms with Gasteiger partial charge < -0.3 is 5.73 Å². The quantitative estimate of drug-likeness (QED) is 0.753. The van der Waals surface area contributed by atoms with Gasteiger partial charge in [0.2, 0.25) is 0 Å². The fraction of sp³-hybridized carbons (Fsp3) is 0.625. The SMILES string of the molecule is CCCSC(c1cc(F)ccc1N)C1CCCCC1. The van der Waals surface area contributed by atoms with Crippen LogP contribution in [0.2, 0.25) is 0 Å². The van der Waals surface area contributed by atoms with E-state index in [2.05, 4.69) is 6.92 Å². The third kappa shape index (κ3) is 3.88. The van der Waals surface area contributed by atoms with Crippen LogP contribution >= 0.6 is 11.8 Å². The van der Waals surface area contributed by atoms with E-state index in [4.69, 9.17) is 5.73 Å². The van der Waals surface area contributed by atoms with Gasteiger partial charge in [0.25, 0.3) is 0 Å². The molecule has 0 amide bonds. The number of hydrogen-bond acceptors (Lipinski definition) is 2. The standard InChI is InChI=1S/C16H24FNS/c1-2-10-19-16(12-6-4-3-5-7-12)14-11-13(17)8-9-15(14)18/h8-9,11-12,16H,2-7,10,18H2,1H3. The number of benzene rings is 1. The maximum absolute atomic E-state index is 13.5. The molecule has 1 unspecified atom stereocenters. The molecule has 1 aromatic carbocycles. The smallest absolute Gasteiger partial charge is 0.123 e. The first-order valence-corrected chi connectivity index (χ1v) is 8.43. The van der Waals surface area contributed by atoms with E-state index >= 15 is 0 Å². The van der Waals surface area contributed by atoms with Gasteiger partial charge in [0.1, 0.15) is 5.82 Å². The van der Waals surface area contributed by atoms with Crippen molar-refractivity contribution in [3.05, 3.63) is 29.6 Å². The maximum Gasteiger partial charge on any atom is 0.123 e. The van der Waals surface area contributed by atoms with Gasteiger partial charge in [-0.2, -0.15) is 11.8 Å². The van der Waals surface area contributed by atoms with Crippen LogP contribution in [0, 0.1) is 11.7 Å². The molecule has 3 heteroatoms. The maximum atomic E-state index is 13.5. The normalized spacial score (nSPS) is 18.4. The molecule has 106 valence electrons. The summed E-state index contributed by atoms with van der Waals surface area (Å²) in [5.41, 5.74) is 7.86. The van der Waals surface area contributed by atoms with Crippen molar-refractivity contribution >= 4 is 17.4 Å². The molecule has 2 N–H and O–H groups in total. The van der Waals surface area contributed by atoms with E-state index < -0.39 is 0 Å². The number of anilines is 1. The van der Waals surface area contributed by atoms with Crippen molar-refractivity contribution in [2.75, 3.05) is 11.5 Å². The van der Waals surface area contributed by atoms with E-state index in [1.807, 2.05) is 11.8 Å². The Hall–Kier alpha value is -0.700. The van der Waals surface area contributed by atoms with Crippen LogP contribution in [0.5, 0.6) is 0 Å². The second kappa shape index (κ2) is 7.18. The van der Waals surface area contributed by atoms with E-state index in [-0.39, 0.29) is 5.82 Å². The summed E-state index contributed by atoms with van der Waals surface area (Å²) in [5, 5.41) is 0.371. The summed E-state index contributed by atoms with van der Waals surface area (Å²) < 4.78 is 13.5. The Morgan fingerprint density at radius 2 is 2.05 bits per heavy atom. The van der Waals surface area contributed by atoms with Gasteiger partial charge in [-0.25, -0.2) is 4.39 Å². The third-order valence-corrected chi connectivity index (χ3v) is 5.58. The topological polar surface area (TPSA) is 26.0 Å². The van der Waals surface area contributed by atoms with Crippen molar-refractivity contribution in [1.29, 1.82) is 0 Å². The largest absolute Gasteiger partial charge is 0.398 e. The van der Waals surface area contributed by atoms with Crippen molar-refractivity contribution in [2.24, 2.45) is 5.92 Å². The van der Waals surface area contributed by atoms with Crippen molar-refractivity contribution in [1.82, 2.24) is 0 Å². The lowest BCUT2D eigenvalue weighted by molar-refractivity contribution is 0.351. The van der Waals surface area contributed by atoms with E-state index in [0.717, 1.165) is 23.4 Å². The van der Waals surface area contributed by atoms with Crippen LogP contribution in [0.3, 0.4) is 0 Å². The fourth-order valence-corrected chi connectivity index (χ4v) is 4.37. The number of hydrogen-bond donors (Lipinski definition) is 1. The predicted octanol–water partition coefficient (Wildman–Crippen LogP) is 5.17. The molecule has 1 aliphatic carbocycles. The number of nitrogen functional groups attached to an aromatic ring is 1. The van der Waals surface area contributed by atoms with Crippen LogP contribution in [0.25, 0.3) is 0 Å². The Bertz CT molecular complexity index is 402. The number of rotatable bonds is 5. The van der Waals surface area contributed by atoms with Crippen LogP contribution < -0.4 is 5.73 Å². The molecular formula is C16H24FNS. The molecule has 1 aromatic rings. The summed E-state index contributed by atoms with van der Waals surface area (Å²) >= 11 is 1.96. The molecule has 1 saturated carbocycles. The highest BCUT2D eigenvalue weighted by atomic mass is 32.2. The summed E-state index contributed by atoms with van der Waals surface area (Å²) in [6.07, 6.45) is 7.64. The van der Waals surface area contributed by atoms with Gasteiger partial charge in [0.15, 0.2) is 0 Å². The number of thioether (sulfide) groups is 1. The summed E-state index contributed by atoms with van der Waals surface area (Å²) in [4.78, 5) is 0. The lowest BCUT2D eigenvalue weighted by atomic mass is 9.84. The number of nitrogens with two attached hydrogens (primary N) is 1. The highest BCUT2D eigenvalue weighted by Crippen LogP contribution is 2.45. The first kappa shape index (κ1) is 14.7. The highest BCUT2D eigenvalue weighted by molar-refractivity contribution is 7.99. The van der Waals surface area contributed by atoms with E-state index in [9.17, 15) is 4.39 Å². The molecule has 19 heavy (non-hydrogen) atoms. The average Bonchev–Trinajstić information content (AvgIpc) is 2.44. The highest BCUT2D eigenvalue weighted by Gasteiger charge is 2.26. The van der Waals surface area contributed by atoms with Crippen molar-refractivity contribution in [2.45, 2.75) is 50.7 Å². The van der Waals surface area contributed by atoms with Crippen LogP contribution in [0.4, 0.5) is 10.1 Å². The van der Waals surface area contributed by atoms with Crippen LogP contribution in [-0.4, -0.2) is 5.75 Å². The van der Waals surface area contributed by atoms with Crippen LogP contribution in [-0.2, 0) is 0 Å². The molecular weight excluding hydrogens is 257 g/mol. The molecule has 1 atom stereocenters. The Balaban J connectivity index is 2.22. The summed E-state index contributed by atoms with van der Waals surface area (Å²) in [7, 11) is 0. The number of halogens is 1. The average molecular weight is 281 g/mol. The lowest BCUT2D eigenvalue weighted by Gasteiger charge is -2.31. The first-order valence-electron chi connectivity index (χ1n) is 7.39. The molecule has 0 aliphatic heterocycles. The molecule has 1 nitrogen and oxygen atoms in total. The molecule has 0 spiro atoms. The van der Waals surface area contributed by atoms with Gasteiger partial charge in [-0.05, 0) is 54.7 Å². The third-order valence-electron chi connectivity index (χ3n) is 3.93. The molecule has 2 rings (SSSR count). The molecule has 0 saturated heterocycles. The summed E-state index contributed by atoms with van der Waals surface area (Å²) in [5.74, 6) is 1.62. The molecule has 1 fully saturated rings. The second-order valence-corrected chi connectivity index (χ2v) is 6.71. The van der Waals surface area contributed by atoms with Gasteiger partial charge in [-0.3, -0.25) is 0 Å². The van der Waals surface area contributed by atoms with E-state index in [0.29, 0.717) is 11.2 Å². The molecule has 0 aromatic heterocycles. The van der Waals surface area contributed by atoms with Crippen LogP contribution in [0.15, 0.2) is 18.2 Å². The van der Waals surface area contributed by atoms with Gasteiger partial charge in [-0.15, -0.1) is 0 Å². The fourth-order valence-electron chi connectivity index (χ4n) is 2.95. The Labute approximate surface area is 120 Å². The molecule has 0 heterocycles. The molecule has 0 bridgehead atoms. The van der Waals surface area contributed by atoms with Crippen molar-refractivity contribution in [3.8, 4) is 0 Å². The molecule has 0 radical (unpaired) electrons. The minimum Gasteiger partial charge on any atom is -0.398 e. The monoisotopic (exact) mass is 281 g/mol. The predicted molar refractivity (Wildman–Crippen MR) is 82.9 cm³/mol. The van der Waals surface area contributed by atoms with Gasteiger partial charge in [0.05, 0.1) is 0 Å². The van der Waals surface area contributed by atoms with Gasteiger partial charge in [0, 0.05) is 10.9 Å². The Morgan fingerprint density at radius 1 is 1.32 bits per heavy atom. The zero-order valence-corrected chi connectivity index (χ0v) is 12.5. The minimum absolute atomic E-state index is 0.165. The Morgan fingerprint density at radius 3 is 2.74 bits per heavy atom.